The smallest absolute Gasteiger partial charge is 0.157 e. The van der Waals surface area contributed by atoms with E-state index in [4.69, 9.17) is 14.3 Å². The molecule has 0 saturated carbocycles. The van der Waals surface area contributed by atoms with E-state index in [1.807, 2.05) is 0 Å². The van der Waals surface area contributed by atoms with Crippen LogP contribution >= 0.6 is 0 Å². The van der Waals surface area contributed by atoms with Crippen LogP contribution in [0.1, 0.15) is 19.3 Å². The summed E-state index contributed by atoms with van der Waals surface area (Å²) in [5, 5.41) is 0. The molecule has 1 N–H and O–H groups in total. The predicted octanol–water partition coefficient (Wildman–Crippen LogP) is 1.21. The van der Waals surface area contributed by atoms with Crippen LogP contribution in [0.4, 0.5) is 0 Å². The summed E-state index contributed by atoms with van der Waals surface area (Å²) >= 11 is 0. The van der Waals surface area contributed by atoms with Crippen LogP contribution in [-0.4, -0.2) is 35.7 Å². The molecule has 78 valence electrons. The van der Waals surface area contributed by atoms with Crippen molar-refractivity contribution in [3.8, 4) is 0 Å². The van der Waals surface area contributed by atoms with Crippen LogP contribution in [0.2, 0.25) is 0 Å². The molecule has 0 spiro atoms. The predicted molar refractivity (Wildman–Crippen MR) is 51.2 cm³/mol. The van der Waals surface area contributed by atoms with Crippen LogP contribution in [0.25, 0.3) is 0 Å². The molecule has 0 amide bonds. The van der Waals surface area contributed by atoms with Crippen molar-refractivity contribution in [2.24, 2.45) is 0 Å². The normalized spacial score (nSPS) is 28.2. The lowest BCUT2D eigenvalue weighted by Crippen LogP contribution is -2.24. The zero-order chi connectivity index (χ0) is 9.73. The van der Waals surface area contributed by atoms with Gasteiger partial charge in [0.25, 0.3) is 0 Å². The van der Waals surface area contributed by atoms with Crippen LogP contribution in [-0.2, 0) is 19.2 Å². The maximum absolute atomic E-state index is 11.0. The minimum Gasteiger partial charge on any atom is -0.353 e. The fourth-order valence-corrected chi connectivity index (χ4v) is 1.60. The Hall–Kier alpha value is -0.130. The van der Waals surface area contributed by atoms with Crippen molar-refractivity contribution in [2.75, 3.05) is 25.2 Å². The van der Waals surface area contributed by atoms with Crippen LogP contribution < -0.4 is 0 Å². The van der Waals surface area contributed by atoms with Gasteiger partial charge in [-0.25, -0.2) is 0 Å². The lowest BCUT2D eigenvalue weighted by molar-refractivity contribution is -0.158. The Morgan fingerprint density at radius 2 is 2.38 bits per heavy atom. The Morgan fingerprint density at radius 1 is 1.62 bits per heavy atom. The maximum atomic E-state index is 11.0. The Labute approximate surface area is 79.6 Å². The van der Waals surface area contributed by atoms with Crippen LogP contribution in [0.15, 0.2) is 0 Å². The summed E-state index contributed by atoms with van der Waals surface area (Å²) < 4.78 is 28.8. The van der Waals surface area contributed by atoms with E-state index in [1.165, 1.54) is 6.26 Å². The summed E-state index contributed by atoms with van der Waals surface area (Å²) in [6.07, 6.45) is 4.45. The van der Waals surface area contributed by atoms with E-state index in [2.05, 4.69) is 0 Å². The maximum Gasteiger partial charge on any atom is 0.157 e. The summed E-state index contributed by atoms with van der Waals surface area (Å²) in [7, 11) is -2.41. The molecule has 1 fully saturated rings. The summed E-state index contributed by atoms with van der Waals surface area (Å²) in [6.45, 7) is 1.12. The third kappa shape index (κ3) is 5.23. The topological polar surface area (TPSA) is 59.4 Å². The molecule has 1 aliphatic heterocycles. The number of rotatable bonds is 4. The van der Waals surface area contributed by atoms with Gasteiger partial charge in [0.15, 0.2) is 6.29 Å². The van der Waals surface area contributed by atoms with Gasteiger partial charge in [-0.3, -0.25) is 8.99 Å². The molecular formula is C8H17NO3S. The second-order valence-electron chi connectivity index (χ2n) is 3.38. The van der Waals surface area contributed by atoms with Crippen molar-refractivity contribution < 1.29 is 13.7 Å². The highest BCUT2D eigenvalue weighted by Gasteiger charge is 2.13. The van der Waals surface area contributed by atoms with Gasteiger partial charge in [0.05, 0.1) is 12.4 Å². The van der Waals surface area contributed by atoms with E-state index in [9.17, 15) is 4.21 Å². The van der Waals surface area contributed by atoms with E-state index < -0.39 is 9.73 Å². The highest BCUT2D eigenvalue weighted by Crippen LogP contribution is 2.13. The van der Waals surface area contributed by atoms with Crippen molar-refractivity contribution in [3.05, 3.63) is 0 Å². The van der Waals surface area contributed by atoms with E-state index in [-0.39, 0.29) is 6.29 Å². The first-order valence-corrected chi connectivity index (χ1v) is 6.66. The first-order chi connectivity index (χ1) is 6.08. The molecule has 1 heterocycles. The van der Waals surface area contributed by atoms with Gasteiger partial charge in [-0.15, -0.1) is 0 Å². The van der Waals surface area contributed by atoms with Crippen LogP contribution in [0, 0.1) is 4.78 Å². The van der Waals surface area contributed by atoms with Gasteiger partial charge in [0.1, 0.15) is 0 Å². The minimum absolute atomic E-state index is 0.129. The standard InChI is InChI=1S/C8H17NO3S/c1-13(9,10)7-6-12-8-4-2-3-5-11-8/h8-9H,2-7H2,1H3. The largest absolute Gasteiger partial charge is 0.353 e. The zero-order valence-corrected chi connectivity index (χ0v) is 8.77. The molecule has 1 saturated heterocycles. The van der Waals surface area contributed by atoms with Crippen molar-refractivity contribution >= 4 is 9.73 Å². The third-order valence-electron chi connectivity index (χ3n) is 1.91. The molecule has 13 heavy (non-hydrogen) atoms. The van der Waals surface area contributed by atoms with Crippen LogP contribution in [0.3, 0.4) is 0 Å². The number of nitrogens with one attached hydrogen (secondary N) is 1. The molecule has 0 aromatic heterocycles. The van der Waals surface area contributed by atoms with E-state index in [0.717, 1.165) is 25.9 Å². The summed E-state index contributed by atoms with van der Waals surface area (Å²) in [5.41, 5.74) is 0. The molecule has 2 atom stereocenters. The van der Waals surface area contributed by atoms with Gasteiger partial charge < -0.3 is 9.47 Å². The first kappa shape index (κ1) is 10.9. The quantitative estimate of drug-likeness (QED) is 0.753. The van der Waals surface area contributed by atoms with Crippen molar-refractivity contribution in [1.82, 2.24) is 0 Å². The molecule has 1 aliphatic rings. The SMILES string of the molecule is CS(=N)(=O)CCOC1CCCCO1. The average Bonchev–Trinajstić information content (AvgIpc) is 2.04. The highest BCUT2D eigenvalue weighted by atomic mass is 32.2. The van der Waals surface area contributed by atoms with Gasteiger partial charge in [-0.2, -0.15) is 0 Å². The van der Waals surface area contributed by atoms with Gasteiger partial charge in [0.2, 0.25) is 0 Å². The van der Waals surface area contributed by atoms with Crippen molar-refractivity contribution in [1.29, 1.82) is 4.78 Å². The summed E-state index contributed by atoms with van der Waals surface area (Å²) in [6, 6.07) is 0. The zero-order valence-electron chi connectivity index (χ0n) is 7.95. The molecule has 5 heteroatoms. The molecule has 0 aliphatic carbocycles. The molecule has 2 unspecified atom stereocenters. The molecule has 0 aromatic carbocycles. The highest BCUT2D eigenvalue weighted by molar-refractivity contribution is 7.91. The monoisotopic (exact) mass is 207 g/mol. The van der Waals surface area contributed by atoms with E-state index in [1.54, 1.807) is 0 Å². The van der Waals surface area contributed by atoms with Gasteiger partial charge >= 0.3 is 0 Å². The second kappa shape index (κ2) is 4.93. The molecule has 0 bridgehead atoms. The Kier molecular flexibility index (Phi) is 4.15. The van der Waals surface area contributed by atoms with E-state index >= 15 is 0 Å². The number of hydrogen-bond acceptors (Lipinski definition) is 4. The number of hydrogen-bond donors (Lipinski definition) is 1. The lowest BCUT2D eigenvalue weighted by Gasteiger charge is -2.22. The average molecular weight is 207 g/mol. The molecule has 0 aromatic rings. The Bertz CT molecular complexity index is 232. The second-order valence-corrected chi connectivity index (χ2v) is 5.79. The van der Waals surface area contributed by atoms with Crippen molar-refractivity contribution in [3.63, 3.8) is 0 Å². The van der Waals surface area contributed by atoms with Gasteiger partial charge in [0, 0.05) is 22.6 Å². The van der Waals surface area contributed by atoms with E-state index in [0.29, 0.717) is 12.4 Å². The fourth-order valence-electron chi connectivity index (χ4n) is 1.18. The lowest BCUT2D eigenvalue weighted by atomic mass is 10.2. The van der Waals surface area contributed by atoms with Crippen molar-refractivity contribution in [2.45, 2.75) is 25.6 Å². The first-order valence-electron chi connectivity index (χ1n) is 4.52. The fraction of sp³-hybridized carbons (Fsp3) is 1.00. The molecular weight excluding hydrogens is 190 g/mol. The molecule has 4 nitrogen and oxygen atoms in total. The Balaban J connectivity index is 2.11. The summed E-state index contributed by atoms with van der Waals surface area (Å²) in [4.78, 5) is 0. The summed E-state index contributed by atoms with van der Waals surface area (Å²) in [5.74, 6) is 0.298. The Morgan fingerprint density at radius 3 is 2.92 bits per heavy atom. The van der Waals surface area contributed by atoms with Gasteiger partial charge in [-0.05, 0) is 19.3 Å². The third-order valence-corrected chi connectivity index (χ3v) is 2.86. The van der Waals surface area contributed by atoms with Gasteiger partial charge in [-0.1, -0.05) is 0 Å². The molecule has 1 rings (SSSR count). The molecule has 0 radical (unpaired) electrons. The number of ether oxygens (including phenoxy) is 2. The van der Waals surface area contributed by atoms with Crippen LogP contribution in [0.5, 0.6) is 0 Å². The minimum atomic E-state index is -2.41.